The highest BCUT2D eigenvalue weighted by Crippen LogP contribution is 2.21. The SMILES string of the molecule is COC(=O)O[C@H]1CCC[C@@H]1O. The first-order valence-corrected chi connectivity index (χ1v) is 3.66. The van der Waals surface area contributed by atoms with Gasteiger partial charge in [0.1, 0.15) is 6.10 Å². The molecule has 1 rings (SSSR count). The molecule has 0 radical (unpaired) electrons. The number of ether oxygens (including phenoxy) is 2. The first-order valence-electron chi connectivity index (χ1n) is 3.66. The lowest BCUT2D eigenvalue weighted by Gasteiger charge is -2.13. The molecule has 0 aromatic rings. The highest BCUT2D eigenvalue weighted by molar-refractivity contribution is 5.59. The molecule has 0 aromatic carbocycles. The number of carbonyl (C=O) groups is 1. The molecular formula is C7H12O4. The van der Waals surface area contributed by atoms with E-state index in [1.807, 2.05) is 0 Å². The van der Waals surface area contributed by atoms with Gasteiger partial charge in [-0.3, -0.25) is 0 Å². The normalized spacial score (nSPS) is 30.0. The average Bonchev–Trinajstić information content (AvgIpc) is 2.37. The molecular weight excluding hydrogens is 148 g/mol. The van der Waals surface area contributed by atoms with Crippen LogP contribution in [-0.2, 0) is 9.47 Å². The highest BCUT2D eigenvalue weighted by atomic mass is 16.7. The smallest absolute Gasteiger partial charge is 0.438 e. The van der Waals surface area contributed by atoms with Gasteiger partial charge in [0.2, 0.25) is 0 Å². The highest BCUT2D eigenvalue weighted by Gasteiger charge is 2.28. The maximum Gasteiger partial charge on any atom is 0.508 e. The second-order valence-corrected chi connectivity index (χ2v) is 2.61. The third-order valence-corrected chi connectivity index (χ3v) is 1.83. The number of aliphatic hydroxyl groups is 1. The van der Waals surface area contributed by atoms with Crippen LogP contribution in [-0.4, -0.2) is 30.6 Å². The van der Waals surface area contributed by atoms with Crippen molar-refractivity contribution in [3.8, 4) is 0 Å². The van der Waals surface area contributed by atoms with E-state index < -0.39 is 12.3 Å². The molecule has 1 saturated carbocycles. The lowest BCUT2D eigenvalue weighted by molar-refractivity contribution is -0.0101. The quantitative estimate of drug-likeness (QED) is 0.573. The average molecular weight is 160 g/mol. The Balaban J connectivity index is 2.30. The van der Waals surface area contributed by atoms with Crippen LogP contribution in [0.3, 0.4) is 0 Å². The summed E-state index contributed by atoms with van der Waals surface area (Å²) in [5.74, 6) is 0. The first-order chi connectivity index (χ1) is 5.24. The molecule has 1 N–H and O–H groups in total. The van der Waals surface area contributed by atoms with Crippen LogP contribution < -0.4 is 0 Å². The number of hydrogen-bond donors (Lipinski definition) is 1. The molecule has 11 heavy (non-hydrogen) atoms. The zero-order valence-corrected chi connectivity index (χ0v) is 6.45. The Hall–Kier alpha value is -0.770. The van der Waals surface area contributed by atoms with Crippen molar-refractivity contribution in [3.05, 3.63) is 0 Å². The van der Waals surface area contributed by atoms with Gasteiger partial charge < -0.3 is 14.6 Å². The summed E-state index contributed by atoms with van der Waals surface area (Å²) in [6.45, 7) is 0. The molecule has 0 aliphatic heterocycles. The number of aliphatic hydroxyl groups excluding tert-OH is 1. The van der Waals surface area contributed by atoms with Gasteiger partial charge in [-0.25, -0.2) is 4.79 Å². The summed E-state index contributed by atoms with van der Waals surface area (Å²) in [7, 11) is 1.25. The maximum atomic E-state index is 10.6. The molecule has 64 valence electrons. The molecule has 0 amide bonds. The van der Waals surface area contributed by atoms with E-state index in [1.165, 1.54) is 7.11 Å². The fourth-order valence-corrected chi connectivity index (χ4v) is 1.22. The fraction of sp³-hybridized carbons (Fsp3) is 0.857. The van der Waals surface area contributed by atoms with E-state index in [0.717, 1.165) is 12.8 Å². The molecule has 4 nitrogen and oxygen atoms in total. The van der Waals surface area contributed by atoms with E-state index in [2.05, 4.69) is 4.74 Å². The Morgan fingerprint density at radius 3 is 2.73 bits per heavy atom. The second-order valence-electron chi connectivity index (χ2n) is 2.61. The number of rotatable bonds is 1. The van der Waals surface area contributed by atoms with Crippen molar-refractivity contribution in [3.63, 3.8) is 0 Å². The maximum absolute atomic E-state index is 10.6. The van der Waals surface area contributed by atoms with E-state index in [1.54, 1.807) is 0 Å². The summed E-state index contributed by atoms with van der Waals surface area (Å²) >= 11 is 0. The van der Waals surface area contributed by atoms with Gasteiger partial charge in [-0.05, 0) is 19.3 Å². The van der Waals surface area contributed by atoms with Gasteiger partial charge in [0.05, 0.1) is 13.2 Å². The molecule has 1 aliphatic rings. The van der Waals surface area contributed by atoms with Gasteiger partial charge in [0.25, 0.3) is 0 Å². The topological polar surface area (TPSA) is 55.8 Å². The van der Waals surface area contributed by atoms with Crippen LogP contribution in [0.1, 0.15) is 19.3 Å². The van der Waals surface area contributed by atoms with Crippen LogP contribution in [0.5, 0.6) is 0 Å². The summed E-state index contributed by atoms with van der Waals surface area (Å²) in [5.41, 5.74) is 0. The molecule has 0 saturated heterocycles. The predicted molar refractivity (Wildman–Crippen MR) is 37.1 cm³/mol. The van der Waals surface area contributed by atoms with E-state index >= 15 is 0 Å². The van der Waals surface area contributed by atoms with E-state index in [9.17, 15) is 9.90 Å². The molecule has 2 atom stereocenters. The Bertz CT molecular complexity index is 145. The van der Waals surface area contributed by atoms with Crippen molar-refractivity contribution in [2.24, 2.45) is 0 Å². The molecule has 1 fully saturated rings. The Kier molecular flexibility index (Phi) is 2.70. The van der Waals surface area contributed by atoms with Crippen LogP contribution in [0.15, 0.2) is 0 Å². The largest absolute Gasteiger partial charge is 0.508 e. The van der Waals surface area contributed by atoms with E-state index in [4.69, 9.17) is 4.74 Å². The van der Waals surface area contributed by atoms with E-state index in [-0.39, 0.29) is 6.10 Å². The van der Waals surface area contributed by atoms with Gasteiger partial charge in [-0.2, -0.15) is 0 Å². The summed E-state index contributed by atoms with van der Waals surface area (Å²) in [6.07, 6.45) is 0.772. The molecule has 0 unspecified atom stereocenters. The molecule has 0 heterocycles. The van der Waals surface area contributed by atoms with Crippen LogP contribution >= 0.6 is 0 Å². The van der Waals surface area contributed by atoms with Crippen LogP contribution in [0.4, 0.5) is 4.79 Å². The summed E-state index contributed by atoms with van der Waals surface area (Å²) in [6, 6.07) is 0. The zero-order valence-electron chi connectivity index (χ0n) is 6.45. The lowest BCUT2D eigenvalue weighted by Crippen LogP contribution is -2.25. The van der Waals surface area contributed by atoms with Crippen LogP contribution in [0.2, 0.25) is 0 Å². The minimum absolute atomic E-state index is 0.359. The summed E-state index contributed by atoms with van der Waals surface area (Å²) < 4.78 is 9.05. The summed E-state index contributed by atoms with van der Waals surface area (Å²) in [4.78, 5) is 10.6. The lowest BCUT2D eigenvalue weighted by atomic mass is 10.3. The minimum Gasteiger partial charge on any atom is -0.438 e. The third-order valence-electron chi connectivity index (χ3n) is 1.83. The molecule has 0 bridgehead atoms. The van der Waals surface area contributed by atoms with Gasteiger partial charge in [-0.1, -0.05) is 0 Å². The standard InChI is InChI=1S/C7H12O4/c1-10-7(9)11-6-4-2-3-5(6)8/h5-6,8H,2-4H2,1H3/t5-,6-/m0/s1. The minimum atomic E-state index is -0.712. The van der Waals surface area contributed by atoms with Crippen LogP contribution in [0.25, 0.3) is 0 Å². The van der Waals surface area contributed by atoms with Crippen molar-refractivity contribution in [1.82, 2.24) is 0 Å². The second kappa shape index (κ2) is 3.57. The Morgan fingerprint density at radius 2 is 2.27 bits per heavy atom. The monoisotopic (exact) mass is 160 g/mol. The Morgan fingerprint density at radius 1 is 1.55 bits per heavy atom. The van der Waals surface area contributed by atoms with Gasteiger partial charge in [-0.15, -0.1) is 0 Å². The molecule has 0 spiro atoms. The van der Waals surface area contributed by atoms with Crippen molar-refractivity contribution < 1.29 is 19.4 Å². The van der Waals surface area contributed by atoms with Crippen molar-refractivity contribution >= 4 is 6.16 Å². The molecule has 0 aromatic heterocycles. The van der Waals surface area contributed by atoms with Gasteiger partial charge >= 0.3 is 6.16 Å². The number of methoxy groups -OCH3 is 1. The predicted octanol–water partition coefficient (Wildman–Crippen LogP) is 0.683. The fourth-order valence-electron chi connectivity index (χ4n) is 1.22. The third kappa shape index (κ3) is 2.08. The number of hydrogen-bond acceptors (Lipinski definition) is 4. The molecule has 1 aliphatic carbocycles. The van der Waals surface area contributed by atoms with E-state index in [0.29, 0.717) is 6.42 Å². The summed E-state index contributed by atoms with van der Waals surface area (Å²) in [5, 5.41) is 9.20. The molecule has 4 heteroatoms. The van der Waals surface area contributed by atoms with Crippen molar-refractivity contribution in [2.75, 3.05) is 7.11 Å². The van der Waals surface area contributed by atoms with Crippen molar-refractivity contribution in [2.45, 2.75) is 31.5 Å². The van der Waals surface area contributed by atoms with Gasteiger partial charge in [0.15, 0.2) is 0 Å². The first kappa shape index (κ1) is 8.33. The van der Waals surface area contributed by atoms with Crippen LogP contribution in [0, 0.1) is 0 Å². The van der Waals surface area contributed by atoms with Gasteiger partial charge in [0, 0.05) is 0 Å². The van der Waals surface area contributed by atoms with Crippen molar-refractivity contribution in [1.29, 1.82) is 0 Å². The zero-order chi connectivity index (χ0) is 8.27. The Labute approximate surface area is 65.1 Å². The number of carbonyl (C=O) groups excluding carboxylic acids is 1.